The summed E-state index contributed by atoms with van der Waals surface area (Å²) >= 11 is 0. The third kappa shape index (κ3) is 2.18. The molecule has 12 heavy (non-hydrogen) atoms. The van der Waals surface area contributed by atoms with E-state index >= 15 is 0 Å². The van der Waals surface area contributed by atoms with Crippen LogP contribution in [0.5, 0.6) is 0 Å². The van der Waals surface area contributed by atoms with Crippen molar-refractivity contribution in [3.8, 4) is 0 Å². The number of rotatable bonds is 2. The molecule has 2 atom stereocenters. The molecule has 1 aliphatic rings. The Bertz CT molecular complexity index is 237. The standard InChI is InChI=1S/C7H15NO3S/c1-8-6-3-4-11-5-7(6)12(2,9)10/h6-8H,3-5H2,1-2H3. The molecule has 0 aliphatic carbocycles. The molecule has 1 aliphatic heterocycles. The van der Waals surface area contributed by atoms with Crippen molar-refractivity contribution in [3.63, 3.8) is 0 Å². The second kappa shape index (κ2) is 3.72. The monoisotopic (exact) mass is 193 g/mol. The van der Waals surface area contributed by atoms with Gasteiger partial charge in [0, 0.05) is 18.9 Å². The predicted octanol–water partition coefficient (Wildman–Crippen LogP) is -0.592. The first-order chi connectivity index (χ1) is 5.55. The Kier molecular flexibility index (Phi) is 3.09. The van der Waals surface area contributed by atoms with Crippen LogP contribution in [0.3, 0.4) is 0 Å². The van der Waals surface area contributed by atoms with Gasteiger partial charge in [-0.15, -0.1) is 0 Å². The van der Waals surface area contributed by atoms with E-state index in [1.54, 1.807) is 7.05 Å². The number of hydrogen-bond donors (Lipinski definition) is 1. The van der Waals surface area contributed by atoms with Gasteiger partial charge in [0.1, 0.15) is 0 Å². The fraction of sp³-hybridized carbons (Fsp3) is 1.00. The van der Waals surface area contributed by atoms with Crippen molar-refractivity contribution in [3.05, 3.63) is 0 Å². The Balaban J connectivity index is 2.72. The first kappa shape index (κ1) is 9.95. The maximum absolute atomic E-state index is 11.2. The van der Waals surface area contributed by atoms with E-state index in [0.29, 0.717) is 13.2 Å². The first-order valence-corrected chi connectivity index (χ1v) is 5.95. The van der Waals surface area contributed by atoms with Gasteiger partial charge in [0.05, 0.1) is 11.9 Å². The number of ether oxygens (including phenoxy) is 1. The third-order valence-electron chi connectivity index (χ3n) is 2.22. The zero-order chi connectivity index (χ0) is 9.19. The van der Waals surface area contributed by atoms with Crippen molar-refractivity contribution >= 4 is 9.84 Å². The van der Waals surface area contributed by atoms with Gasteiger partial charge < -0.3 is 10.1 Å². The Hall–Kier alpha value is -0.130. The summed E-state index contributed by atoms with van der Waals surface area (Å²) in [4.78, 5) is 0. The van der Waals surface area contributed by atoms with Crippen LogP contribution < -0.4 is 5.32 Å². The smallest absolute Gasteiger partial charge is 0.154 e. The van der Waals surface area contributed by atoms with Crippen LogP contribution >= 0.6 is 0 Å². The number of nitrogens with one attached hydrogen (secondary N) is 1. The topological polar surface area (TPSA) is 55.4 Å². The van der Waals surface area contributed by atoms with E-state index in [1.807, 2.05) is 0 Å². The van der Waals surface area contributed by atoms with Crippen LogP contribution in [0, 0.1) is 0 Å². The van der Waals surface area contributed by atoms with E-state index in [-0.39, 0.29) is 11.3 Å². The van der Waals surface area contributed by atoms with Gasteiger partial charge in [0.2, 0.25) is 0 Å². The van der Waals surface area contributed by atoms with Gasteiger partial charge >= 0.3 is 0 Å². The van der Waals surface area contributed by atoms with E-state index in [0.717, 1.165) is 6.42 Å². The molecule has 1 heterocycles. The minimum Gasteiger partial charge on any atom is -0.380 e. The molecule has 0 aromatic carbocycles. The fourth-order valence-electron chi connectivity index (χ4n) is 1.46. The van der Waals surface area contributed by atoms with Crippen LogP contribution in [0.2, 0.25) is 0 Å². The maximum Gasteiger partial charge on any atom is 0.154 e. The summed E-state index contributed by atoms with van der Waals surface area (Å²) in [6.07, 6.45) is 2.03. The molecule has 0 radical (unpaired) electrons. The molecule has 0 spiro atoms. The minimum atomic E-state index is -2.97. The van der Waals surface area contributed by atoms with Crippen molar-refractivity contribution < 1.29 is 13.2 Å². The van der Waals surface area contributed by atoms with Gasteiger partial charge in [-0.1, -0.05) is 0 Å². The Labute approximate surface area is 73.2 Å². The highest BCUT2D eigenvalue weighted by Crippen LogP contribution is 2.14. The quantitative estimate of drug-likeness (QED) is 0.637. The molecule has 0 aromatic rings. The molecule has 0 amide bonds. The summed E-state index contributed by atoms with van der Waals surface area (Å²) in [7, 11) is -1.19. The Morgan fingerprint density at radius 1 is 1.50 bits per heavy atom. The maximum atomic E-state index is 11.2. The fourth-order valence-corrected chi connectivity index (χ4v) is 2.68. The lowest BCUT2D eigenvalue weighted by atomic mass is 10.1. The van der Waals surface area contributed by atoms with Crippen molar-refractivity contribution in [2.24, 2.45) is 0 Å². The highest BCUT2D eigenvalue weighted by atomic mass is 32.2. The highest BCUT2D eigenvalue weighted by Gasteiger charge is 2.32. The lowest BCUT2D eigenvalue weighted by Crippen LogP contribution is -2.48. The number of hydrogen-bond acceptors (Lipinski definition) is 4. The van der Waals surface area contributed by atoms with Gasteiger partial charge in [-0.3, -0.25) is 0 Å². The third-order valence-corrected chi connectivity index (χ3v) is 3.79. The summed E-state index contributed by atoms with van der Waals surface area (Å²) in [6, 6.07) is 0.0498. The largest absolute Gasteiger partial charge is 0.380 e. The van der Waals surface area contributed by atoms with E-state index in [2.05, 4.69) is 5.32 Å². The first-order valence-electron chi connectivity index (χ1n) is 3.99. The van der Waals surface area contributed by atoms with Gasteiger partial charge in [0.15, 0.2) is 9.84 Å². The van der Waals surface area contributed by atoms with E-state index in [9.17, 15) is 8.42 Å². The molecule has 1 rings (SSSR count). The highest BCUT2D eigenvalue weighted by molar-refractivity contribution is 7.91. The molecule has 72 valence electrons. The molecule has 0 aromatic heterocycles. The molecule has 1 fully saturated rings. The van der Waals surface area contributed by atoms with Crippen LogP contribution in [0.1, 0.15) is 6.42 Å². The van der Waals surface area contributed by atoms with Crippen LogP contribution in [-0.2, 0) is 14.6 Å². The van der Waals surface area contributed by atoms with E-state index in [4.69, 9.17) is 4.74 Å². The second-order valence-corrected chi connectivity index (χ2v) is 5.39. The lowest BCUT2D eigenvalue weighted by Gasteiger charge is -2.29. The molecule has 5 heteroatoms. The molecule has 2 unspecified atom stereocenters. The van der Waals surface area contributed by atoms with Crippen LogP contribution in [-0.4, -0.2) is 46.2 Å². The molecular weight excluding hydrogens is 178 g/mol. The van der Waals surface area contributed by atoms with Crippen molar-refractivity contribution in [2.75, 3.05) is 26.5 Å². The number of sulfone groups is 1. The molecule has 0 bridgehead atoms. The average Bonchev–Trinajstić information content (AvgIpc) is 2.03. The van der Waals surface area contributed by atoms with Crippen LogP contribution in [0.4, 0.5) is 0 Å². The van der Waals surface area contributed by atoms with Crippen LogP contribution in [0.25, 0.3) is 0 Å². The van der Waals surface area contributed by atoms with E-state index in [1.165, 1.54) is 6.26 Å². The zero-order valence-electron chi connectivity index (χ0n) is 7.41. The van der Waals surface area contributed by atoms with Crippen LogP contribution in [0.15, 0.2) is 0 Å². The molecule has 1 N–H and O–H groups in total. The van der Waals surface area contributed by atoms with Gasteiger partial charge in [-0.25, -0.2) is 8.42 Å². The lowest BCUT2D eigenvalue weighted by molar-refractivity contribution is 0.0827. The minimum absolute atomic E-state index is 0.0498. The second-order valence-electron chi connectivity index (χ2n) is 3.13. The van der Waals surface area contributed by atoms with Crippen molar-refractivity contribution in [2.45, 2.75) is 17.7 Å². The van der Waals surface area contributed by atoms with Crippen molar-refractivity contribution in [1.29, 1.82) is 0 Å². The normalized spacial score (nSPS) is 31.8. The van der Waals surface area contributed by atoms with Crippen molar-refractivity contribution in [1.82, 2.24) is 5.32 Å². The molecule has 0 saturated carbocycles. The average molecular weight is 193 g/mol. The predicted molar refractivity (Wildman–Crippen MR) is 46.9 cm³/mol. The Morgan fingerprint density at radius 2 is 2.17 bits per heavy atom. The SMILES string of the molecule is CNC1CCOCC1S(C)(=O)=O. The van der Waals surface area contributed by atoms with Gasteiger partial charge in [-0.2, -0.15) is 0 Å². The van der Waals surface area contributed by atoms with Gasteiger partial charge in [0.25, 0.3) is 0 Å². The molecular formula is C7H15NO3S. The summed E-state index contributed by atoms with van der Waals surface area (Å²) in [5.41, 5.74) is 0. The molecule has 4 nitrogen and oxygen atoms in total. The zero-order valence-corrected chi connectivity index (χ0v) is 8.23. The summed E-state index contributed by atoms with van der Waals surface area (Å²) < 4.78 is 27.6. The van der Waals surface area contributed by atoms with Gasteiger partial charge in [-0.05, 0) is 13.5 Å². The summed E-state index contributed by atoms with van der Waals surface area (Å²) in [5.74, 6) is 0. The molecule has 1 saturated heterocycles. The summed E-state index contributed by atoms with van der Waals surface area (Å²) in [5, 5.41) is 2.62. The summed E-state index contributed by atoms with van der Waals surface area (Å²) in [6.45, 7) is 0.974. The Morgan fingerprint density at radius 3 is 2.58 bits per heavy atom. The van der Waals surface area contributed by atoms with E-state index < -0.39 is 9.84 Å².